The fourth-order valence-electron chi connectivity index (χ4n) is 1.72. The van der Waals surface area contributed by atoms with E-state index in [0.29, 0.717) is 19.7 Å². The summed E-state index contributed by atoms with van der Waals surface area (Å²) in [6.07, 6.45) is 3.99. The van der Waals surface area contributed by atoms with Gasteiger partial charge in [0.25, 0.3) is 0 Å². The number of pyridine rings is 1. The lowest BCUT2D eigenvalue weighted by atomic mass is 10.2. The molecule has 1 saturated heterocycles. The number of nitrogens with zero attached hydrogens (tertiary/aromatic N) is 1. The van der Waals surface area contributed by atoms with E-state index in [9.17, 15) is 4.79 Å². The number of amides is 1. The van der Waals surface area contributed by atoms with Crippen molar-refractivity contribution in [1.29, 1.82) is 0 Å². The highest BCUT2D eigenvalue weighted by Gasteiger charge is 2.20. The van der Waals surface area contributed by atoms with Crippen LogP contribution in [0.1, 0.15) is 5.56 Å². The van der Waals surface area contributed by atoms with E-state index in [4.69, 9.17) is 4.74 Å². The van der Waals surface area contributed by atoms with Crippen LogP contribution in [-0.2, 0) is 16.0 Å². The van der Waals surface area contributed by atoms with E-state index < -0.39 is 0 Å². The molecule has 0 saturated carbocycles. The summed E-state index contributed by atoms with van der Waals surface area (Å²) in [6, 6.07) is 3.89. The van der Waals surface area contributed by atoms with Crippen molar-refractivity contribution in [3.05, 3.63) is 30.1 Å². The van der Waals surface area contributed by atoms with Gasteiger partial charge in [0.1, 0.15) is 6.10 Å². The smallest absolute Gasteiger partial charge is 0.250 e. The minimum atomic E-state index is -0.349. The fourth-order valence-corrected chi connectivity index (χ4v) is 1.72. The standard InChI is InChI=1S/C12H17N3O2.2ClH/c16-12(11-9-14-6-7-17-11)15-5-3-10-2-1-4-13-8-10;;/h1-2,4,8,11,14H,3,5-7,9H2,(H,15,16);2*1H. The molecule has 7 heteroatoms. The Hall–Kier alpha value is -0.880. The average Bonchev–Trinajstić information content (AvgIpc) is 2.41. The van der Waals surface area contributed by atoms with E-state index in [2.05, 4.69) is 15.6 Å². The van der Waals surface area contributed by atoms with Crippen LogP contribution in [0.4, 0.5) is 0 Å². The Morgan fingerprint density at radius 3 is 3.00 bits per heavy atom. The number of hydrogen-bond acceptors (Lipinski definition) is 4. The summed E-state index contributed by atoms with van der Waals surface area (Å²) in [5.41, 5.74) is 1.12. The van der Waals surface area contributed by atoms with Gasteiger partial charge in [0.15, 0.2) is 0 Å². The van der Waals surface area contributed by atoms with Crippen molar-refractivity contribution >= 4 is 30.7 Å². The number of carbonyl (C=O) groups is 1. The van der Waals surface area contributed by atoms with Gasteiger partial charge in [-0.2, -0.15) is 0 Å². The van der Waals surface area contributed by atoms with Crippen LogP contribution in [0.2, 0.25) is 0 Å². The zero-order valence-electron chi connectivity index (χ0n) is 10.5. The van der Waals surface area contributed by atoms with Crippen molar-refractivity contribution in [1.82, 2.24) is 15.6 Å². The van der Waals surface area contributed by atoms with E-state index >= 15 is 0 Å². The van der Waals surface area contributed by atoms with Gasteiger partial charge in [0.05, 0.1) is 6.61 Å². The van der Waals surface area contributed by atoms with Crippen molar-refractivity contribution in [2.75, 3.05) is 26.2 Å². The molecule has 0 aliphatic carbocycles. The first-order valence-corrected chi connectivity index (χ1v) is 5.85. The molecule has 2 heterocycles. The van der Waals surface area contributed by atoms with Gasteiger partial charge >= 0.3 is 0 Å². The highest BCUT2D eigenvalue weighted by atomic mass is 35.5. The number of halogens is 2. The SMILES string of the molecule is Cl.Cl.O=C(NCCc1cccnc1)C1CNCCO1. The minimum Gasteiger partial charge on any atom is -0.366 e. The maximum absolute atomic E-state index is 11.7. The quantitative estimate of drug-likeness (QED) is 0.854. The van der Waals surface area contributed by atoms with Crippen molar-refractivity contribution < 1.29 is 9.53 Å². The lowest BCUT2D eigenvalue weighted by Crippen LogP contribution is -2.48. The summed E-state index contributed by atoms with van der Waals surface area (Å²) in [7, 11) is 0. The predicted octanol–water partition coefficient (Wildman–Crippen LogP) is 0.572. The Morgan fingerprint density at radius 2 is 2.37 bits per heavy atom. The Morgan fingerprint density at radius 1 is 1.53 bits per heavy atom. The number of rotatable bonds is 4. The lowest BCUT2D eigenvalue weighted by molar-refractivity contribution is -0.134. The van der Waals surface area contributed by atoms with Crippen LogP contribution in [0.5, 0.6) is 0 Å². The van der Waals surface area contributed by atoms with Gasteiger partial charge in [-0.1, -0.05) is 6.07 Å². The molecule has 5 nitrogen and oxygen atoms in total. The van der Waals surface area contributed by atoms with Crippen molar-refractivity contribution in [2.24, 2.45) is 0 Å². The Labute approximate surface area is 125 Å². The molecule has 1 aliphatic heterocycles. The van der Waals surface area contributed by atoms with Gasteiger partial charge in [-0.25, -0.2) is 0 Å². The topological polar surface area (TPSA) is 63.2 Å². The van der Waals surface area contributed by atoms with E-state index in [1.807, 2.05) is 18.3 Å². The number of hydrogen-bond donors (Lipinski definition) is 2. The zero-order chi connectivity index (χ0) is 11.9. The van der Waals surface area contributed by atoms with Crippen molar-refractivity contribution in [3.63, 3.8) is 0 Å². The number of carbonyl (C=O) groups excluding carboxylic acids is 1. The highest BCUT2D eigenvalue weighted by Crippen LogP contribution is 1.98. The molecule has 0 aromatic carbocycles. The largest absolute Gasteiger partial charge is 0.366 e. The van der Waals surface area contributed by atoms with Gasteiger partial charge in [-0.15, -0.1) is 24.8 Å². The number of aromatic nitrogens is 1. The molecule has 0 spiro atoms. The second-order valence-corrected chi connectivity index (χ2v) is 3.97. The van der Waals surface area contributed by atoms with Crippen LogP contribution in [0.3, 0.4) is 0 Å². The molecule has 1 aliphatic rings. The molecular formula is C12H19Cl2N3O2. The molecule has 1 unspecified atom stereocenters. The molecule has 19 heavy (non-hydrogen) atoms. The number of nitrogens with one attached hydrogen (secondary N) is 2. The molecule has 108 valence electrons. The van der Waals surface area contributed by atoms with Gasteiger partial charge in [-0.05, 0) is 18.1 Å². The molecule has 0 radical (unpaired) electrons. The van der Waals surface area contributed by atoms with E-state index in [1.54, 1.807) is 6.20 Å². The van der Waals surface area contributed by atoms with Crippen LogP contribution >= 0.6 is 24.8 Å². The van der Waals surface area contributed by atoms with E-state index in [0.717, 1.165) is 18.5 Å². The fraction of sp³-hybridized carbons (Fsp3) is 0.500. The first-order valence-electron chi connectivity index (χ1n) is 5.85. The first kappa shape index (κ1) is 18.1. The zero-order valence-corrected chi connectivity index (χ0v) is 12.1. The van der Waals surface area contributed by atoms with Crippen LogP contribution in [0.25, 0.3) is 0 Å². The summed E-state index contributed by atoms with van der Waals surface area (Å²) < 4.78 is 5.36. The predicted molar refractivity (Wildman–Crippen MR) is 78.1 cm³/mol. The van der Waals surface area contributed by atoms with Crippen molar-refractivity contribution in [3.8, 4) is 0 Å². The summed E-state index contributed by atoms with van der Waals surface area (Å²) >= 11 is 0. The third-order valence-corrected chi connectivity index (χ3v) is 2.66. The molecular weight excluding hydrogens is 289 g/mol. The molecule has 0 bridgehead atoms. The molecule has 1 aromatic rings. The van der Waals surface area contributed by atoms with Crippen LogP contribution in [-0.4, -0.2) is 43.2 Å². The second-order valence-electron chi connectivity index (χ2n) is 3.97. The molecule has 1 aromatic heterocycles. The van der Waals surface area contributed by atoms with Crippen LogP contribution in [0, 0.1) is 0 Å². The molecule has 2 N–H and O–H groups in total. The molecule has 1 atom stereocenters. The number of morpholine rings is 1. The molecule has 2 rings (SSSR count). The van der Waals surface area contributed by atoms with Gasteiger partial charge in [0, 0.05) is 32.0 Å². The average molecular weight is 308 g/mol. The van der Waals surface area contributed by atoms with Gasteiger partial charge in [0.2, 0.25) is 5.91 Å². The van der Waals surface area contributed by atoms with Crippen LogP contribution in [0.15, 0.2) is 24.5 Å². The number of ether oxygens (including phenoxy) is 1. The molecule has 1 amide bonds. The Bertz CT molecular complexity index is 359. The summed E-state index contributed by atoms with van der Waals surface area (Å²) in [6.45, 7) is 2.63. The Kier molecular flexibility index (Phi) is 9.51. The second kappa shape index (κ2) is 9.97. The van der Waals surface area contributed by atoms with Crippen molar-refractivity contribution in [2.45, 2.75) is 12.5 Å². The monoisotopic (exact) mass is 307 g/mol. The third-order valence-electron chi connectivity index (χ3n) is 2.66. The maximum Gasteiger partial charge on any atom is 0.250 e. The summed E-state index contributed by atoms with van der Waals surface area (Å²) in [4.78, 5) is 15.7. The van der Waals surface area contributed by atoms with E-state index in [1.165, 1.54) is 0 Å². The molecule has 1 fully saturated rings. The third kappa shape index (κ3) is 6.20. The maximum atomic E-state index is 11.7. The minimum absolute atomic E-state index is 0. The van der Waals surface area contributed by atoms with E-state index in [-0.39, 0.29) is 36.8 Å². The first-order chi connectivity index (χ1) is 8.36. The summed E-state index contributed by atoms with van der Waals surface area (Å²) in [5, 5.41) is 6.00. The van der Waals surface area contributed by atoms with Crippen LogP contribution < -0.4 is 10.6 Å². The lowest BCUT2D eigenvalue weighted by Gasteiger charge is -2.22. The van der Waals surface area contributed by atoms with Gasteiger partial charge < -0.3 is 15.4 Å². The highest BCUT2D eigenvalue weighted by molar-refractivity contribution is 5.85. The summed E-state index contributed by atoms with van der Waals surface area (Å²) in [5.74, 6) is -0.0407. The van der Waals surface area contributed by atoms with Gasteiger partial charge in [-0.3, -0.25) is 9.78 Å². The normalized spacial score (nSPS) is 17.8. The Balaban J connectivity index is 0.00000162.